The molecule has 0 aromatic heterocycles. The Hall–Kier alpha value is -2.89. The number of nitrogens with two attached hydrogens (primary N) is 1. The minimum atomic E-state index is -0.773. The van der Waals surface area contributed by atoms with Gasteiger partial charge in [0, 0.05) is 32.7 Å². The summed E-state index contributed by atoms with van der Waals surface area (Å²) >= 11 is 0. The van der Waals surface area contributed by atoms with Crippen molar-refractivity contribution in [3.8, 4) is 6.07 Å². The Morgan fingerprint density at radius 2 is 1.97 bits per heavy atom. The van der Waals surface area contributed by atoms with E-state index in [4.69, 9.17) is 15.2 Å². The fraction of sp³-hybridized carbons (Fsp3) is 0.478. The Morgan fingerprint density at radius 3 is 2.58 bits per heavy atom. The van der Waals surface area contributed by atoms with Crippen molar-refractivity contribution in [3.63, 3.8) is 0 Å². The summed E-state index contributed by atoms with van der Waals surface area (Å²) in [6, 6.07) is 6.52. The molecule has 3 rings (SSSR count). The number of likely N-dealkylation sites (N-methyl/N-ethyl adjacent to an activating group) is 1. The molecule has 0 saturated carbocycles. The Morgan fingerprint density at radius 1 is 1.29 bits per heavy atom. The van der Waals surface area contributed by atoms with Crippen LogP contribution in [0, 0.1) is 17.1 Å². The summed E-state index contributed by atoms with van der Waals surface area (Å²) in [7, 11) is 0. The summed E-state index contributed by atoms with van der Waals surface area (Å²) in [5.74, 6) is -1.48. The van der Waals surface area contributed by atoms with Crippen molar-refractivity contribution in [1.29, 1.82) is 5.26 Å². The number of piperazine rings is 1. The molecule has 2 N–H and O–H groups in total. The highest BCUT2D eigenvalue weighted by Gasteiger charge is 2.37. The lowest BCUT2D eigenvalue weighted by Crippen LogP contribution is -2.45. The minimum absolute atomic E-state index is 0.0510. The van der Waals surface area contributed by atoms with Crippen molar-refractivity contribution in [2.75, 3.05) is 39.3 Å². The molecule has 31 heavy (non-hydrogen) atoms. The lowest BCUT2D eigenvalue weighted by Gasteiger charge is -2.35. The number of benzene rings is 1. The van der Waals surface area contributed by atoms with Crippen molar-refractivity contribution in [2.24, 2.45) is 5.73 Å². The predicted octanol–water partition coefficient (Wildman–Crippen LogP) is 2.61. The Bertz CT molecular complexity index is 943. The largest absolute Gasteiger partial charge is 0.463 e. The fourth-order valence-electron chi connectivity index (χ4n) is 4.16. The van der Waals surface area contributed by atoms with Crippen LogP contribution >= 0.6 is 0 Å². The van der Waals surface area contributed by atoms with Crippen LogP contribution in [-0.2, 0) is 20.8 Å². The second-order valence-electron chi connectivity index (χ2n) is 7.67. The van der Waals surface area contributed by atoms with Crippen molar-refractivity contribution in [1.82, 2.24) is 9.80 Å². The maximum Gasteiger partial charge on any atom is 0.338 e. The molecule has 7 nitrogen and oxygen atoms in total. The number of rotatable bonds is 6. The number of allylic oxidation sites excluding steroid dienone is 2. The summed E-state index contributed by atoms with van der Waals surface area (Å²) in [4.78, 5) is 17.4. The zero-order valence-corrected chi connectivity index (χ0v) is 18.3. The molecule has 1 saturated heterocycles. The zero-order valence-electron chi connectivity index (χ0n) is 18.3. The maximum atomic E-state index is 14.2. The quantitative estimate of drug-likeness (QED) is 0.697. The molecule has 0 aliphatic carbocycles. The van der Waals surface area contributed by atoms with Crippen LogP contribution in [0.3, 0.4) is 0 Å². The molecule has 2 heterocycles. The van der Waals surface area contributed by atoms with Gasteiger partial charge < -0.3 is 20.1 Å². The van der Waals surface area contributed by atoms with Gasteiger partial charge in [0.05, 0.1) is 18.1 Å². The number of nitrogens with zero attached hydrogens (tertiary/aromatic N) is 3. The molecule has 8 heteroatoms. The first-order valence-corrected chi connectivity index (χ1v) is 10.6. The number of hydrogen-bond donors (Lipinski definition) is 1. The Kier molecular flexibility index (Phi) is 7.31. The van der Waals surface area contributed by atoms with Gasteiger partial charge in [0.1, 0.15) is 23.2 Å². The van der Waals surface area contributed by atoms with Crippen molar-refractivity contribution < 1.29 is 18.7 Å². The zero-order chi connectivity index (χ0) is 22.5. The molecule has 0 bridgehead atoms. The smallest absolute Gasteiger partial charge is 0.338 e. The van der Waals surface area contributed by atoms with Gasteiger partial charge in [0.2, 0.25) is 5.88 Å². The second-order valence-corrected chi connectivity index (χ2v) is 7.67. The van der Waals surface area contributed by atoms with E-state index in [0.717, 1.165) is 32.7 Å². The van der Waals surface area contributed by atoms with Gasteiger partial charge >= 0.3 is 5.97 Å². The van der Waals surface area contributed by atoms with Gasteiger partial charge in [-0.25, -0.2) is 9.18 Å². The fourth-order valence-corrected chi connectivity index (χ4v) is 4.16. The highest BCUT2D eigenvalue weighted by atomic mass is 19.1. The number of carbonyl (C=O) groups excluding carboxylic acids is 1. The number of carbonyl (C=O) groups is 1. The summed E-state index contributed by atoms with van der Waals surface area (Å²) in [5.41, 5.74) is 7.71. The van der Waals surface area contributed by atoms with Crippen LogP contribution in [-0.4, -0.2) is 55.1 Å². The lowest BCUT2D eigenvalue weighted by molar-refractivity contribution is -0.139. The van der Waals surface area contributed by atoms with Gasteiger partial charge in [0.25, 0.3) is 0 Å². The first kappa shape index (κ1) is 22.8. The van der Waals surface area contributed by atoms with Gasteiger partial charge in [0.15, 0.2) is 0 Å². The van der Waals surface area contributed by atoms with Crippen molar-refractivity contribution in [2.45, 2.75) is 33.2 Å². The molecule has 166 valence electrons. The van der Waals surface area contributed by atoms with Crippen molar-refractivity contribution >= 4 is 5.97 Å². The van der Waals surface area contributed by atoms with Crippen LogP contribution in [0.4, 0.5) is 4.39 Å². The summed E-state index contributed by atoms with van der Waals surface area (Å²) in [5, 5.41) is 9.80. The molecular weight excluding hydrogens is 399 g/mol. The Labute approximate surface area is 182 Å². The van der Waals surface area contributed by atoms with Crippen LogP contribution in [0.15, 0.2) is 41.0 Å². The van der Waals surface area contributed by atoms with E-state index in [2.05, 4.69) is 22.8 Å². The second kappa shape index (κ2) is 9.94. The molecule has 2 aliphatic rings. The minimum Gasteiger partial charge on any atom is -0.463 e. The predicted molar refractivity (Wildman–Crippen MR) is 114 cm³/mol. The SMILES string of the molecule is CCOC(=O)C1=C(C)OC(N)=C(C#N)C1c1ccc(F)cc1CN1CCN(CC)CC1. The molecule has 0 amide bonds. The third kappa shape index (κ3) is 4.89. The third-order valence-electron chi connectivity index (χ3n) is 5.82. The molecule has 1 atom stereocenters. The van der Waals surface area contributed by atoms with Gasteiger partial charge in [-0.2, -0.15) is 5.26 Å². The molecular formula is C23H29FN4O3. The van der Waals surface area contributed by atoms with Gasteiger partial charge in [-0.3, -0.25) is 4.90 Å². The van der Waals surface area contributed by atoms with E-state index in [-0.39, 0.29) is 35.2 Å². The number of ether oxygens (including phenoxy) is 2. The highest BCUT2D eigenvalue weighted by Crippen LogP contribution is 2.41. The first-order valence-electron chi connectivity index (χ1n) is 10.6. The molecule has 0 radical (unpaired) electrons. The van der Waals surface area contributed by atoms with Crippen LogP contribution in [0.25, 0.3) is 0 Å². The number of esters is 1. The number of nitriles is 1. The molecule has 0 spiro atoms. The maximum absolute atomic E-state index is 14.2. The third-order valence-corrected chi connectivity index (χ3v) is 5.82. The topological polar surface area (TPSA) is 91.8 Å². The Balaban J connectivity index is 2.03. The van der Waals surface area contributed by atoms with E-state index in [1.54, 1.807) is 19.9 Å². The average Bonchev–Trinajstić information content (AvgIpc) is 2.74. The van der Waals surface area contributed by atoms with E-state index < -0.39 is 11.9 Å². The van der Waals surface area contributed by atoms with Crippen LogP contribution < -0.4 is 5.73 Å². The van der Waals surface area contributed by atoms with Gasteiger partial charge in [-0.15, -0.1) is 0 Å². The number of halogens is 1. The monoisotopic (exact) mass is 428 g/mol. The van der Waals surface area contributed by atoms with Crippen LogP contribution in [0.1, 0.15) is 37.8 Å². The lowest BCUT2D eigenvalue weighted by atomic mass is 9.80. The van der Waals surface area contributed by atoms with E-state index in [0.29, 0.717) is 17.7 Å². The summed E-state index contributed by atoms with van der Waals surface area (Å²) < 4.78 is 24.9. The summed E-state index contributed by atoms with van der Waals surface area (Å²) in [6.45, 7) is 10.8. The summed E-state index contributed by atoms with van der Waals surface area (Å²) in [6.07, 6.45) is 0. The van der Waals surface area contributed by atoms with Crippen LogP contribution in [0.5, 0.6) is 0 Å². The van der Waals surface area contributed by atoms with Gasteiger partial charge in [-0.1, -0.05) is 13.0 Å². The molecule has 1 unspecified atom stereocenters. The molecule has 1 fully saturated rings. The van der Waals surface area contributed by atoms with Crippen molar-refractivity contribution in [3.05, 3.63) is 57.9 Å². The van der Waals surface area contributed by atoms with Gasteiger partial charge in [-0.05, 0) is 43.7 Å². The molecule has 1 aromatic carbocycles. The normalized spacial score (nSPS) is 20.4. The van der Waals surface area contributed by atoms with E-state index in [1.165, 1.54) is 12.1 Å². The molecule has 1 aromatic rings. The van der Waals surface area contributed by atoms with E-state index in [9.17, 15) is 14.4 Å². The highest BCUT2D eigenvalue weighted by molar-refractivity contribution is 5.92. The van der Waals surface area contributed by atoms with E-state index >= 15 is 0 Å². The first-order chi connectivity index (χ1) is 14.9. The molecule has 2 aliphatic heterocycles. The van der Waals surface area contributed by atoms with E-state index in [1.807, 2.05) is 0 Å². The number of hydrogen-bond acceptors (Lipinski definition) is 7. The van der Waals surface area contributed by atoms with Crippen LogP contribution in [0.2, 0.25) is 0 Å². The average molecular weight is 429 g/mol. The standard InChI is InChI=1S/C23H29FN4O3/c1-4-27-8-10-28(11-9-27)14-16-12-17(24)6-7-18(16)21-19(13-25)22(26)31-15(3)20(21)23(29)30-5-2/h6-7,12,21H,4-5,8-11,14,26H2,1-3H3.